The Morgan fingerprint density at radius 2 is 2.14 bits per heavy atom. The molecule has 0 N–H and O–H groups in total. The van der Waals surface area contributed by atoms with Crippen LogP contribution in [-0.4, -0.2) is 34.3 Å². The molecule has 5 nitrogen and oxygen atoms in total. The predicted molar refractivity (Wildman–Crippen MR) is 116 cm³/mol. The lowest BCUT2D eigenvalue weighted by atomic mass is 10.1. The van der Waals surface area contributed by atoms with Gasteiger partial charge in [-0.3, -0.25) is 14.2 Å². The van der Waals surface area contributed by atoms with Crippen molar-refractivity contribution in [3.63, 3.8) is 0 Å². The first-order chi connectivity index (χ1) is 13.3. The number of hydrogen-bond acceptors (Lipinski definition) is 6. The molecular formula is C20H21ClN2O3S2. The molecule has 2 aromatic heterocycles. The first-order valence-electron chi connectivity index (χ1n) is 8.79. The molecule has 1 aromatic carbocycles. The Bertz CT molecular complexity index is 1090. The van der Waals surface area contributed by atoms with Gasteiger partial charge in [-0.2, -0.15) is 0 Å². The lowest BCUT2D eigenvalue weighted by molar-refractivity contribution is 0.0994. The van der Waals surface area contributed by atoms with Crippen molar-refractivity contribution in [2.45, 2.75) is 37.7 Å². The number of Topliss-reactive ketones (excluding diaryl/α,β-unsaturated/α-hetero) is 1. The Kier molecular flexibility index (Phi) is 6.60. The molecular weight excluding hydrogens is 416 g/mol. The van der Waals surface area contributed by atoms with Crippen LogP contribution in [0.4, 0.5) is 0 Å². The van der Waals surface area contributed by atoms with E-state index in [0.717, 1.165) is 10.4 Å². The van der Waals surface area contributed by atoms with E-state index in [9.17, 15) is 9.59 Å². The highest BCUT2D eigenvalue weighted by atomic mass is 35.5. The fourth-order valence-electron chi connectivity index (χ4n) is 2.87. The molecule has 0 saturated carbocycles. The van der Waals surface area contributed by atoms with E-state index in [-0.39, 0.29) is 11.3 Å². The van der Waals surface area contributed by atoms with Crippen molar-refractivity contribution in [1.82, 2.24) is 9.55 Å². The number of benzene rings is 1. The number of nitrogens with zero attached hydrogens (tertiary/aromatic N) is 2. The topological polar surface area (TPSA) is 61.2 Å². The van der Waals surface area contributed by atoms with Crippen LogP contribution in [0.15, 0.2) is 34.2 Å². The lowest BCUT2D eigenvalue weighted by Gasteiger charge is -2.15. The molecule has 0 aliphatic rings. The van der Waals surface area contributed by atoms with Crippen molar-refractivity contribution >= 4 is 50.7 Å². The number of methoxy groups -OCH3 is 1. The highest BCUT2D eigenvalue weighted by Crippen LogP contribution is 2.30. The van der Waals surface area contributed by atoms with Crippen LogP contribution in [0.2, 0.25) is 5.02 Å². The van der Waals surface area contributed by atoms with E-state index in [1.54, 1.807) is 35.9 Å². The molecule has 8 heteroatoms. The Morgan fingerprint density at radius 3 is 2.82 bits per heavy atom. The molecule has 0 amide bonds. The third-order valence-corrected chi connectivity index (χ3v) is 6.96. The second kappa shape index (κ2) is 8.78. The molecule has 3 rings (SSSR count). The SMILES string of the molecule is COCCn1c(S[C@@H](C)C(=O)c2cccc(Cl)c2)nc2sc(C)c(C)c2c1=O. The van der Waals surface area contributed by atoms with E-state index in [4.69, 9.17) is 21.3 Å². The Balaban J connectivity index is 2.01. The van der Waals surface area contributed by atoms with E-state index in [1.165, 1.54) is 23.1 Å². The highest BCUT2D eigenvalue weighted by Gasteiger charge is 2.22. The van der Waals surface area contributed by atoms with Gasteiger partial charge in [0, 0.05) is 22.6 Å². The number of carbonyl (C=O) groups is 1. The molecule has 0 fully saturated rings. The number of aromatic nitrogens is 2. The van der Waals surface area contributed by atoms with Gasteiger partial charge in [0.1, 0.15) is 4.83 Å². The number of hydrogen-bond donors (Lipinski definition) is 0. The Morgan fingerprint density at radius 1 is 1.39 bits per heavy atom. The molecule has 0 spiro atoms. The van der Waals surface area contributed by atoms with Crippen LogP contribution in [0, 0.1) is 13.8 Å². The van der Waals surface area contributed by atoms with E-state index < -0.39 is 5.25 Å². The van der Waals surface area contributed by atoms with Crippen LogP contribution in [0.5, 0.6) is 0 Å². The first kappa shape index (κ1) is 21.0. The van der Waals surface area contributed by atoms with Crippen molar-refractivity contribution in [1.29, 1.82) is 0 Å². The van der Waals surface area contributed by atoms with Crippen molar-refractivity contribution in [3.05, 3.63) is 55.6 Å². The maximum absolute atomic E-state index is 13.1. The molecule has 0 aliphatic heterocycles. The van der Waals surface area contributed by atoms with Crippen LogP contribution in [0.1, 0.15) is 27.7 Å². The van der Waals surface area contributed by atoms with Crippen molar-refractivity contribution in [2.75, 3.05) is 13.7 Å². The van der Waals surface area contributed by atoms with Gasteiger partial charge in [0.2, 0.25) is 0 Å². The molecule has 0 radical (unpaired) electrons. The van der Waals surface area contributed by atoms with Crippen molar-refractivity contribution < 1.29 is 9.53 Å². The summed E-state index contributed by atoms with van der Waals surface area (Å²) in [6.07, 6.45) is 0. The third kappa shape index (κ3) is 4.17. The molecule has 1 atom stereocenters. The van der Waals surface area contributed by atoms with Crippen molar-refractivity contribution in [2.24, 2.45) is 0 Å². The van der Waals surface area contributed by atoms with Gasteiger partial charge >= 0.3 is 0 Å². The summed E-state index contributed by atoms with van der Waals surface area (Å²) in [7, 11) is 1.59. The van der Waals surface area contributed by atoms with Crippen LogP contribution in [-0.2, 0) is 11.3 Å². The second-order valence-corrected chi connectivity index (χ2v) is 9.39. The summed E-state index contributed by atoms with van der Waals surface area (Å²) in [5.41, 5.74) is 1.42. The largest absolute Gasteiger partial charge is 0.383 e. The maximum atomic E-state index is 13.1. The quantitative estimate of drug-likeness (QED) is 0.304. The minimum Gasteiger partial charge on any atom is -0.383 e. The molecule has 0 bridgehead atoms. The Labute approximate surface area is 176 Å². The number of halogens is 1. The average molecular weight is 437 g/mol. The smallest absolute Gasteiger partial charge is 0.263 e. The summed E-state index contributed by atoms with van der Waals surface area (Å²) in [6.45, 7) is 6.51. The van der Waals surface area contributed by atoms with Gasteiger partial charge in [0.25, 0.3) is 5.56 Å². The molecule has 0 aliphatic carbocycles. The standard InChI is InChI=1S/C20H21ClN2O3S2/c1-11-12(2)27-18-16(11)19(25)23(8-9-26-4)20(22-18)28-13(3)17(24)14-6-5-7-15(21)10-14/h5-7,10,13H,8-9H2,1-4H3/t13-/m0/s1. The lowest BCUT2D eigenvalue weighted by Crippen LogP contribution is -2.26. The average Bonchev–Trinajstić information content (AvgIpc) is 2.94. The molecule has 2 heterocycles. The van der Waals surface area contributed by atoms with Gasteiger partial charge in [-0.05, 0) is 38.5 Å². The maximum Gasteiger partial charge on any atom is 0.263 e. The number of fused-ring (bicyclic) bond motifs is 1. The summed E-state index contributed by atoms with van der Waals surface area (Å²) in [6, 6.07) is 6.88. The van der Waals surface area contributed by atoms with E-state index in [2.05, 4.69) is 0 Å². The van der Waals surface area contributed by atoms with Crippen LogP contribution in [0.3, 0.4) is 0 Å². The van der Waals surface area contributed by atoms with Crippen LogP contribution >= 0.6 is 34.7 Å². The molecule has 148 valence electrons. The van der Waals surface area contributed by atoms with Gasteiger partial charge in [-0.25, -0.2) is 4.98 Å². The minimum absolute atomic E-state index is 0.0568. The zero-order valence-corrected chi connectivity index (χ0v) is 18.5. The number of thioether (sulfide) groups is 1. The summed E-state index contributed by atoms with van der Waals surface area (Å²) >= 11 is 8.80. The zero-order valence-electron chi connectivity index (χ0n) is 16.1. The number of carbonyl (C=O) groups excluding carboxylic acids is 1. The summed E-state index contributed by atoms with van der Waals surface area (Å²) in [5, 5.41) is 1.28. The molecule has 28 heavy (non-hydrogen) atoms. The fourth-order valence-corrected chi connectivity index (χ4v) is 5.14. The highest BCUT2D eigenvalue weighted by molar-refractivity contribution is 8.00. The van der Waals surface area contributed by atoms with Gasteiger partial charge in [0.05, 0.1) is 23.8 Å². The number of ether oxygens (including phenoxy) is 1. The zero-order chi connectivity index (χ0) is 20.4. The van der Waals surface area contributed by atoms with E-state index >= 15 is 0 Å². The Hall–Kier alpha value is -1.67. The van der Waals surface area contributed by atoms with Crippen molar-refractivity contribution in [3.8, 4) is 0 Å². The van der Waals surface area contributed by atoms with Gasteiger partial charge in [-0.15, -0.1) is 11.3 Å². The first-order valence-corrected chi connectivity index (χ1v) is 10.9. The second-order valence-electron chi connectivity index (χ2n) is 6.44. The number of rotatable bonds is 7. The number of ketones is 1. The minimum atomic E-state index is -0.418. The fraction of sp³-hybridized carbons (Fsp3) is 0.350. The number of thiophene rings is 1. The molecule has 0 saturated heterocycles. The van der Waals surface area contributed by atoms with Crippen LogP contribution < -0.4 is 5.56 Å². The van der Waals surface area contributed by atoms with Gasteiger partial charge < -0.3 is 4.74 Å². The van der Waals surface area contributed by atoms with Gasteiger partial charge in [0.15, 0.2) is 10.9 Å². The normalized spacial score (nSPS) is 12.5. The summed E-state index contributed by atoms with van der Waals surface area (Å²) in [5.74, 6) is -0.0568. The van der Waals surface area contributed by atoms with E-state index in [1.807, 2.05) is 20.8 Å². The predicted octanol–water partition coefficient (Wildman–Crippen LogP) is 4.74. The summed E-state index contributed by atoms with van der Waals surface area (Å²) in [4.78, 5) is 32.4. The summed E-state index contributed by atoms with van der Waals surface area (Å²) < 4.78 is 6.77. The molecule has 3 aromatic rings. The van der Waals surface area contributed by atoms with Crippen LogP contribution in [0.25, 0.3) is 10.2 Å². The van der Waals surface area contributed by atoms with E-state index in [0.29, 0.717) is 39.1 Å². The number of aryl methyl sites for hydroxylation is 2. The van der Waals surface area contributed by atoms with Gasteiger partial charge in [-0.1, -0.05) is 35.5 Å². The monoisotopic (exact) mass is 436 g/mol. The molecule has 0 unspecified atom stereocenters. The third-order valence-electron chi connectivity index (χ3n) is 4.53.